The SMILES string of the molecule is C[C-]P([C-]C)c1ccccc1. The first-order valence-corrected chi connectivity index (χ1v) is 4.92. The maximum Gasteiger partial charge on any atom is -0.0598 e. The van der Waals surface area contributed by atoms with Crippen LogP contribution < -0.4 is 5.30 Å². The lowest BCUT2D eigenvalue weighted by molar-refractivity contribution is 1.63. The van der Waals surface area contributed by atoms with Gasteiger partial charge < -0.3 is 20.2 Å². The Hall–Kier alpha value is -0.350. The van der Waals surface area contributed by atoms with Crippen molar-refractivity contribution < 1.29 is 0 Å². The van der Waals surface area contributed by atoms with Crippen LogP contribution in [0, 0.1) is 12.3 Å². The van der Waals surface area contributed by atoms with E-state index in [4.69, 9.17) is 0 Å². The molecule has 58 valence electrons. The van der Waals surface area contributed by atoms with Gasteiger partial charge in [-0.3, -0.25) is 0 Å². The van der Waals surface area contributed by atoms with E-state index in [9.17, 15) is 0 Å². The third-order valence-electron chi connectivity index (χ3n) is 1.46. The highest BCUT2D eigenvalue weighted by molar-refractivity contribution is 7.69. The average molecular weight is 162 g/mol. The fourth-order valence-electron chi connectivity index (χ4n) is 0.947. The Labute approximate surface area is 70.4 Å². The zero-order valence-corrected chi connectivity index (χ0v) is 7.73. The molecule has 1 heteroatoms. The van der Waals surface area contributed by atoms with Gasteiger partial charge in [-0.25, -0.2) is 13.8 Å². The van der Waals surface area contributed by atoms with Crippen molar-refractivity contribution in [3.63, 3.8) is 0 Å². The summed E-state index contributed by atoms with van der Waals surface area (Å²) in [4.78, 5) is 0. The lowest BCUT2D eigenvalue weighted by Gasteiger charge is -2.41. The molecule has 1 aromatic rings. The third kappa shape index (κ3) is 2.31. The number of hydrogen-bond acceptors (Lipinski definition) is 0. The van der Waals surface area contributed by atoms with E-state index in [1.165, 1.54) is 5.30 Å². The molecule has 0 aliphatic heterocycles. The molecule has 0 aliphatic carbocycles. The molecule has 0 unspecified atom stereocenters. The van der Waals surface area contributed by atoms with Gasteiger partial charge in [-0.1, -0.05) is 35.6 Å². The molecule has 0 saturated carbocycles. The van der Waals surface area contributed by atoms with Crippen molar-refractivity contribution in [2.75, 3.05) is 0 Å². The molecule has 0 bridgehead atoms. The van der Waals surface area contributed by atoms with Gasteiger partial charge in [0.05, 0.1) is 0 Å². The van der Waals surface area contributed by atoms with Crippen LogP contribution in [0.4, 0.5) is 0 Å². The lowest BCUT2D eigenvalue weighted by Crippen LogP contribution is -1.97. The first-order valence-electron chi connectivity index (χ1n) is 3.58. The molecule has 0 fully saturated rings. The van der Waals surface area contributed by atoms with Gasteiger partial charge in [0.2, 0.25) is 0 Å². The van der Waals surface area contributed by atoms with Crippen LogP contribution in [-0.2, 0) is 0 Å². The maximum atomic E-state index is 3.22. The average Bonchev–Trinajstić information content (AvgIpc) is 2.09. The quantitative estimate of drug-likeness (QED) is 0.473. The molecule has 11 heavy (non-hydrogen) atoms. The van der Waals surface area contributed by atoms with Crippen LogP contribution in [0.2, 0.25) is 0 Å². The predicted octanol–water partition coefficient (Wildman–Crippen LogP) is 2.91. The van der Waals surface area contributed by atoms with Crippen molar-refractivity contribution in [1.29, 1.82) is 0 Å². The Bertz CT molecular complexity index is 189. The monoisotopic (exact) mass is 162 g/mol. The van der Waals surface area contributed by atoms with Crippen LogP contribution in [-0.4, -0.2) is 0 Å². The summed E-state index contributed by atoms with van der Waals surface area (Å²) in [5, 5.41) is 1.33. The number of benzene rings is 1. The second-order valence-corrected chi connectivity index (χ2v) is 4.20. The molecule has 0 atom stereocenters. The molecular formula is C10H11P-2. The highest BCUT2D eigenvalue weighted by Crippen LogP contribution is 2.39. The van der Waals surface area contributed by atoms with Crippen molar-refractivity contribution in [2.45, 2.75) is 13.8 Å². The Kier molecular flexibility index (Phi) is 3.59. The van der Waals surface area contributed by atoms with Crippen LogP contribution in [0.3, 0.4) is 0 Å². The third-order valence-corrected chi connectivity index (χ3v) is 3.17. The summed E-state index contributed by atoms with van der Waals surface area (Å²) in [6.45, 7) is 3.93. The molecule has 0 saturated heterocycles. The van der Waals surface area contributed by atoms with Crippen molar-refractivity contribution in [3.05, 3.63) is 42.7 Å². The van der Waals surface area contributed by atoms with Gasteiger partial charge in [0.1, 0.15) is 0 Å². The zero-order valence-electron chi connectivity index (χ0n) is 6.83. The lowest BCUT2D eigenvalue weighted by atomic mass is 10.4. The highest BCUT2D eigenvalue weighted by Gasteiger charge is 1.82. The molecule has 2 radical (unpaired) electrons. The second-order valence-electron chi connectivity index (χ2n) is 2.12. The molecule has 0 heterocycles. The van der Waals surface area contributed by atoms with Gasteiger partial charge in [-0.2, -0.15) is 0 Å². The first kappa shape index (κ1) is 8.74. The summed E-state index contributed by atoms with van der Waals surface area (Å²) >= 11 is 0. The van der Waals surface area contributed by atoms with Gasteiger partial charge in [-0.15, -0.1) is 0 Å². The van der Waals surface area contributed by atoms with Crippen LogP contribution in [0.15, 0.2) is 30.3 Å². The van der Waals surface area contributed by atoms with E-state index in [1.54, 1.807) is 0 Å². The zero-order chi connectivity index (χ0) is 8.10. The van der Waals surface area contributed by atoms with E-state index in [1.807, 2.05) is 19.9 Å². The molecule has 0 nitrogen and oxygen atoms in total. The fourth-order valence-corrected chi connectivity index (χ4v) is 2.16. The molecule has 0 amide bonds. The van der Waals surface area contributed by atoms with E-state index in [2.05, 4.69) is 36.6 Å². The van der Waals surface area contributed by atoms with E-state index in [0.717, 1.165) is 0 Å². The number of hydrogen-bond donors (Lipinski definition) is 0. The Balaban J connectivity index is 2.74. The van der Waals surface area contributed by atoms with E-state index >= 15 is 0 Å². The summed E-state index contributed by atoms with van der Waals surface area (Å²) in [5.74, 6) is 0. The Morgan fingerprint density at radius 1 is 1.00 bits per heavy atom. The predicted molar refractivity (Wildman–Crippen MR) is 50.8 cm³/mol. The van der Waals surface area contributed by atoms with Crippen LogP contribution in [0.1, 0.15) is 13.8 Å². The van der Waals surface area contributed by atoms with Gasteiger partial charge in [-0.05, 0) is 0 Å². The molecule has 0 N–H and O–H groups in total. The molecule has 0 aliphatic rings. The molecule has 0 aromatic heterocycles. The minimum absolute atomic E-state index is 0.351. The summed E-state index contributed by atoms with van der Waals surface area (Å²) in [6, 6.07) is 10.4. The molecule has 1 aromatic carbocycles. The molecule has 1 rings (SSSR count). The highest BCUT2D eigenvalue weighted by atomic mass is 31.1. The van der Waals surface area contributed by atoms with Crippen molar-refractivity contribution in [2.24, 2.45) is 0 Å². The van der Waals surface area contributed by atoms with E-state index in [-0.39, 0.29) is 7.92 Å². The van der Waals surface area contributed by atoms with Crippen LogP contribution in [0.25, 0.3) is 0 Å². The topological polar surface area (TPSA) is 0 Å². The largest absolute Gasteiger partial charge is 0.478 e. The van der Waals surface area contributed by atoms with Gasteiger partial charge in [0.25, 0.3) is 0 Å². The second kappa shape index (κ2) is 4.51. The van der Waals surface area contributed by atoms with Gasteiger partial charge in [0, 0.05) is 0 Å². The summed E-state index contributed by atoms with van der Waals surface area (Å²) < 4.78 is 0. The molecule has 0 spiro atoms. The number of rotatable bonds is 3. The van der Waals surface area contributed by atoms with Crippen molar-refractivity contribution >= 4 is 13.2 Å². The minimum Gasteiger partial charge on any atom is -0.478 e. The van der Waals surface area contributed by atoms with E-state index in [0.29, 0.717) is 0 Å². The van der Waals surface area contributed by atoms with Gasteiger partial charge >= 0.3 is 0 Å². The van der Waals surface area contributed by atoms with Crippen molar-refractivity contribution in [3.8, 4) is 0 Å². The summed E-state index contributed by atoms with van der Waals surface area (Å²) in [6.07, 6.45) is 6.44. The Morgan fingerprint density at radius 3 is 2.00 bits per heavy atom. The maximum absolute atomic E-state index is 3.22. The fraction of sp³-hybridized carbons (Fsp3) is 0.200. The summed E-state index contributed by atoms with van der Waals surface area (Å²) in [7, 11) is -0.351. The Morgan fingerprint density at radius 2 is 1.55 bits per heavy atom. The van der Waals surface area contributed by atoms with Crippen molar-refractivity contribution in [1.82, 2.24) is 0 Å². The van der Waals surface area contributed by atoms with Gasteiger partial charge in [0.15, 0.2) is 0 Å². The first-order chi connectivity index (χ1) is 5.38. The summed E-state index contributed by atoms with van der Waals surface area (Å²) in [5.41, 5.74) is 0. The van der Waals surface area contributed by atoms with Crippen LogP contribution in [0.5, 0.6) is 0 Å². The minimum atomic E-state index is -0.351. The van der Waals surface area contributed by atoms with E-state index < -0.39 is 0 Å². The standard InChI is InChI=1S/C10H11P/c1-3-11(4-2)10-8-6-5-7-9-10/h5-9H,1-2H3/q-2. The smallest absolute Gasteiger partial charge is 0.0598 e. The van der Waals surface area contributed by atoms with Crippen LogP contribution >= 0.6 is 7.92 Å². The normalized spacial score (nSPS) is 10.5. The molecular weight excluding hydrogens is 151 g/mol.